The van der Waals surface area contributed by atoms with Crippen molar-refractivity contribution >= 4 is 37.8 Å². The topological polar surface area (TPSA) is 86.7 Å². The molecule has 0 aliphatic carbocycles. The van der Waals surface area contributed by atoms with Crippen LogP contribution in [0.2, 0.25) is 0 Å². The number of halogens is 1. The van der Waals surface area contributed by atoms with Gasteiger partial charge in [0.05, 0.1) is 4.90 Å². The number of sulfonamides is 1. The van der Waals surface area contributed by atoms with Crippen LogP contribution in [0.4, 0.5) is 5.95 Å². The van der Waals surface area contributed by atoms with E-state index in [9.17, 15) is 13.2 Å². The molecule has 8 nitrogen and oxygen atoms in total. The number of nitrogens with zero attached hydrogens (tertiary/aromatic N) is 5. The van der Waals surface area contributed by atoms with Crippen LogP contribution in [-0.2, 0) is 14.8 Å². The Morgan fingerprint density at radius 1 is 1.00 bits per heavy atom. The lowest BCUT2D eigenvalue weighted by molar-refractivity contribution is -0.134. The Labute approximate surface area is 178 Å². The second-order valence-corrected chi connectivity index (χ2v) is 9.90. The highest BCUT2D eigenvalue weighted by Crippen LogP contribution is 2.28. The second kappa shape index (κ2) is 8.37. The van der Waals surface area contributed by atoms with E-state index in [0.717, 1.165) is 4.47 Å². The van der Waals surface area contributed by atoms with Gasteiger partial charge in [-0.1, -0.05) is 15.9 Å². The fraction of sp³-hybridized carbons (Fsp3) is 0.421. The van der Waals surface area contributed by atoms with E-state index in [1.807, 2.05) is 4.90 Å². The van der Waals surface area contributed by atoms with Gasteiger partial charge in [0.1, 0.15) is 6.04 Å². The molecule has 1 unspecified atom stereocenters. The first kappa shape index (κ1) is 20.2. The van der Waals surface area contributed by atoms with Gasteiger partial charge in [-0.15, -0.1) is 0 Å². The maximum absolute atomic E-state index is 13.1. The lowest BCUT2D eigenvalue weighted by Gasteiger charge is -2.37. The zero-order valence-electron chi connectivity index (χ0n) is 15.8. The third-order valence-corrected chi connectivity index (χ3v) is 7.79. The van der Waals surface area contributed by atoms with Gasteiger partial charge in [-0.05, 0) is 43.2 Å². The molecule has 1 amide bonds. The van der Waals surface area contributed by atoms with Crippen molar-refractivity contribution in [1.82, 2.24) is 19.2 Å². The highest BCUT2D eigenvalue weighted by Gasteiger charge is 2.41. The first-order valence-electron chi connectivity index (χ1n) is 9.55. The molecule has 3 heterocycles. The fourth-order valence-corrected chi connectivity index (χ4v) is 5.72. The molecule has 0 bridgehead atoms. The van der Waals surface area contributed by atoms with E-state index in [1.54, 1.807) is 47.6 Å². The summed E-state index contributed by atoms with van der Waals surface area (Å²) in [6, 6.07) is 7.66. The number of aromatic nitrogens is 2. The van der Waals surface area contributed by atoms with Crippen molar-refractivity contribution in [3.8, 4) is 0 Å². The minimum absolute atomic E-state index is 0.114. The van der Waals surface area contributed by atoms with Gasteiger partial charge in [-0.3, -0.25) is 4.79 Å². The molecular weight excluding hydrogens is 458 g/mol. The Morgan fingerprint density at radius 2 is 1.66 bits per heavy atom. The first-order valence-corrected chi connectivity index (χ1v) is 11.8. The average molecular weight is 480 g/mol. The van der Waals surface area contributed by atoms with Crippen molar-refractivity contribution in [1.29, 1.82) is 0 Å². The lowest BCUT2D eigenvalue weighted by atomic mass is 10.2. The van der Waals surface area contributed by atoms with Gasteiger partial charge < -0.3 is 9.80 Å². The Hall–Kier alpha value is -2.04. The third-order valence-electron chi connectivity index (χ3n) is 5.34. The molecule has 10 heteroatoms. The third kappa shape index (κ3) is 4.15. The number of benzene rings is 1. The molecule has 0 N–H and O–H groups in total. The number of amides is 1. The van der Waals surface area contributed by atoms with E-state index < -0.39 is 16.1 Å². The summed E-state index contributed by atoms with van der Waals surface area (Å²) in [7, 11) is -3.71. The minimum atomic E-state index is -3.71. The molecule has 0 saturated carbocycles. The summed E-state index contributed by atoms with van der Waals surface area (Å²) in [6.07, 6.45) is 4.63. The summed E-state index contributed by atoms with van der Waals surface area (Å²) >= 11 is 3.32. The maximum Gasteiger partial charge on any atom is 0.243 e. The quantitative estimate of drug-likeness (QED) is 0.663. The van der Waals surface area contributed by atoms with E-state index in [-0.39, 0.29) is 10.8 Å². The van der Waals surface area contributed by atoms with Crippen molar-refractivity contribution in [3.05, 3.63) is 47.2 Å². The van der Waals surface area contributed by atoms with Gasteiger partial charge in [-0.2, -0.15) is 4.31 Å². The number of hydrogen-bond donors (Lipinski definition) is 0. The lowest BCUT2D eigenvalue weighted by Crippen LogP contribution is -2.54. The highest BCUT2D eigenvalue weighted by atomic mass is 79.9. The predicted octanol–water partition coefficient (Wildman–Crippen LogP) is 1.74. The smallest absolute Gasteiger partial charge is 0.243 e. The molecule has 1 aromatic heterocycles. The van der Waals surface area contributed by atoms with E-state index in [0.29, 0.717) is 51.5 Å². The zero-order valence-corrected chi connectivity index (χ0v) is 18.2. The molecule has 4 rings (SSSR count). The summed E-state index contributed by atoms with van der Waals surface area (Å²) in [5, 5.41) is 0. The Kier molecular flexibility index (Phi) is 5.84. The molecule has 29 heavy (non-hydrogen) atoms. The SMILES string of the molecule is O=C(C1CCCN1S(=O)(=O)c1ccc(Br)cc1)N1CCN(c2ncccn2)CC1. The molecular formula is C19H22BrN5O3S. The molecule has 2 saturated heterocycles. The van der Waals surface area contributed by atoms with Crippen LogP contribution in [0.3, 0.4) is 0 Å². The van der Waals surface area contributed by atoms with Crippen molar-refractivity contribution < 1.29 is 13.2 Å². The van der Waals surface area contributed by atoms with E-state index >= 15 is 0 Å². The second-order valence-electron chi connectivity index (χ2n) is 7.09. The molecule has 2 aliphatic rings. The van der Waals surface area contributed by atoms with E-state index in [2.05, 4.69) is 25.9 Å². The Balaban J connectivity index is 1.45. The van der Waals surface area contributed by atoms with Crippen LogP contribution in [0.5, 0.6) is 0 Å². The Morgan fingerprint density at radius 3 is 2.31 bits per heavy atom. The average Bonchev–Trinajstić information content (AvgIpc) is 3.25. The van der Waals surface area contributed by atoms with Crippen LogP contribution >= 0.6 is 15.9 Å². The fourth-order valence-electron chi connectivity index (χ4n) is 3.81. The van der Waals surface area contributed by atoms with Gasteiger partial charge in [-0.25, -0.2) is 18.4 Å². The molecule has 0 spiro atoms. The maximum atomic E-state index is 13.1. The van der Waals surface area contributed by atoms with Crippen LogP contribution in [0.15, 0.2) is 52.1 Å². The van der Waals surface area contributed by atoms with E-state index in [4.69, 9.17) is 0 Å². The van der Waals surface area contributed by atoms with Crippen LogP contribution in [0, 0.1) is 0 Å². The normalized spacial score (nSPS) is 20.8. The van der Waals surface area contributed by atoms with Crippen LogP contribution in [0.1, 0.15) is 12.8 Å². The molecule has 2 fully saturated rings. The molecule has 2 aliphatic heterocycles. The predicted molar refractivity (Wildman–Crippen MR) is 112 cm³/mol. The summed E-state index contributed by atoms with van der Waals surface area (Å²) < 4.78 is 28.4. The van der Waals surface area contributed by atoms with Gasteiger partial charge in [0.25, 0.3) is 0 Å². The van der Waals surface area contributed by atoms with Crippen LogP contribution in [0.25, 0.3) is 0 Å². The Bertz CT molecular complexity index is 963. The molecule has 1 atom stereocenters. The van der Waals surface area contributed by atoms with Gasteiger partial charge >= 0.3 is 0 Å². The first-order chi connectivity index (χ1) is 14.0. The monoisotopic (exact) mass is 479 g/mol. The van der Waals surface area contributed by atoms with Gasteiger partial charge in [0.15, 0.2) is 0 Å². The van der Waals surface area contributed by atoms with Crippen LogP contribution in [-0.4, -0.2) is 72.3 Å². The standard InChI is InChI=1S/C19H22BrN5O3S/c20-15-4-6-16(7-5-15)29(27,28)25-10-1-3-17(25)18(26)23-11-13-24(14-12-23)19-21-8-2-9-22-19/h2,4-9,17H,1,3,10-14H2. The van der Waals surface area contributed by atoms with Crippen molar-refractivity contribution in [3.63, 3.8) is 0 Å². The van der Waals surface area contributed by atoms with Crippen molar-refractivity contribution in [2.75, 3.05) is 37.6 Å². The summed E-state index contributed by atoms with van der Waals surface area (Å²) in [6.45, 7) is 2.68. The number of carbonyl (C=O) groups is 1. The number of rotatable bonds is 4. The summed E-state index contributed by atoms with van der Waals surface area (Å²) in [5.74, 6) is 0.539. The molecule has 0 radical (unpaired) electrons. The summed E-state index contributed by atoms with van der Waals surface area (Å²) in [5.41, 5.74) is 0. The molecule has 1 aromatic carbocycles. The number of anilines is 1. The molecule has 2 aromatic rings. The number of carbonyl (C=O) groups excluding carboxylic acids is 1. The van der Waals surface area contributed by atoms with Gasteiger partial charge in [0.2, 0.25) is 21.9 Å². The van der Waals surface area contributed by atoms with E-state index in [1.165, 1.54) is 4.31 Å². The number of piperazine rings is 1. The summed E-state index contributed by atoms with van der Waals surface area (Å²) in [4.78, 5) is 25.7. The van der Waals surface area contributed by atoms with Crippen molar-refractivity contribution in [2.24, 2.45) is 0 Å². The zero-order chi connectivity index (χ0) is 20.4. The largest absolute Gasteiger partial charge is 0.338 e. The highest BCUT2D eigenvalue weighted by molar-refractivity contribution is 9.10. The minimum Gasteiger partial charge on any atom is -0.338 e. The van der Waals surface area contributed by atoms with Crippen molar-refractivity contribution in [2.45, 2.75) is 23.8 Å². The van der Waals surface area contributed by atoms with Gasteiger partial charge in [0, 0.05) is 49.6 Å². The molecule has 154 valence electrons. The van der Waals surface area contributed by atoms with Crippen LogP contribution < -0.4 is 4.90 Å². The number of hydrogen-bond acceptors (Lipinski definition) is 6.